The van der Waals surface area contributed by atoms with Crippen LogP contribution in [0.15, 0.2) is 0 Å². The smallest absolute Gasteiger partial charge is 0.301 e. The Balaban J connectivity index is 0. The fraction of sp³-hybridized carbons (Fsp3) is 0.962. The summed E-state index contributed by atoms with van der Waals surface area (Å²) < 4.78 is 0. The van der Waals surface area contributed by atoms with E-state index in [0.717, 1.165) is 18.8 Å². The molecule has 0 aromatic heterocycles. The molecule has 1 atom stereocenters. The predicted molar refractivity (Wildman–Crippen MR) is 127 cm³/mol. The molecule has 0 saturated heterocycles. The summed E-state index contributed by atoms with van der Waals surface area (Å²) in [7, 11) is 0. The van der Waals surface area contributed by atoms with Gasteiger partial charge in [-0.05, 0) is 12.3 Å². The molecule has 0 saturated carbocycles. The van der Waals surface area contributed by atoms with Gasteiger partial charge in [-0.15, -0.1) is 0 Å². The summed E-state index contributed by atoms with van der Waals surface area (Å²) in [6.07, 6.45) is 25.5. The highest BCUT2D eigenvalue weighted by Crippen LogP contribution is 2.13. The normalized spacial score (nSPS) is 11.6. The molecular weight excluding hydrogens is 360 g/mol. The molecule has 1 unspecified atom stereocenters. The Hall–Kier alpha value is -0.570. The van der Waals surface area contributed by atoms with E-state index in [1.807, 2.05) is 0 Å². The Bertz CT molecular complexity index is 304. The monoisotopic (exact) mass is 414 g/mol. The maximum absolute atomic E-state index is 10.7. The number of carbonyl (C=O) groups is 1. The molecule has 176 valence electrons. The molecule has 1 N–H and O–H groups in total. The van der Waals surface area contributed by atoms with E-state index in [2.05, 4.69) is 32.6 Å². The molecule has 0 rings (SSSR count). The summed E-state index contributed by atoms with van der Waals surface area (Å²) in [6, 6.07) is 0. The first-order valence-electron chi connectivity index (χ1n) is 13.0. The highest BCUT2D eigenvalue weighted by molar-refractivity contribution is 5.68. The number of rotatable bonds is 20. The molecule has 0 fully saturated rings. The molecule has 0 aliphatic heterocycles. The zero-order chi connectivity index (χ0) is 22.0. The van der Waals surface area contributed by atoms with Crippen LogP contribution in [0, 0.1) is 5.92 Å². The topological polar surface area (TPSA) is 46.5 Å². The van der Waals surface area contributed by atoms with E-state index < -0.39 is 5.97 Å². The second-order valence-corrected chi connectivity index (χ2v) is 8.82. The van der Waals surface area contributed by atoms with Gasteiger partial charge in [0.1, 0.15) is 0 Å². The second kappa shape index (κ2) is 27.4. The van der Waals surface area contributed by atoms with Crippen LogP contribution in [0.3, 0.4) is 0 Å². The van der Waals surface area contributed by atoms with Gasteiger partial charge in [-0.1, -0.05) is 143 Å². The molecule has 0 spiro atoms. The van der Waals surface area contributed by atoms with E-state index in [1.54, 1.807) is 0 Å². The summed E-state index contributed by atoms with van der Waals surface area (Å²) in [5, 5.41) is 8.10. The minimum Gasteiger partial charge on any atom is -0.301 e. The molecule has 3 nitrogen and oxygen atoms in total. The lowest BCUT2D eigenvalue weighted by Gasteiger charge is -2.04. The molecule has 0 bridgehead atoms. The maximum Gasteiger partial charge on any atom is 0.342 e. The molecule has 0 heterocycles. The quantitative estimate of drug-likeness (QED) is 0.122. The van der Waals surface area contributed by atoms with Gasteiger partial charge in [0.2, 0.25) is 0 Å². The van der Waals surface area contributed by atoms with Crippen molar-refractivity contribution in [1.82, 2.24) is 0 Å². The molecule has 0 amide bonds. The Morgan fingerprint density at radius 3 is 1.38 bits per heavy atom. The first-order chi connectivity index (χ1) is 14.1. The molecular formula is C26H54O3. The van der Waals surface area contributed by atoms with E-state index in [4.69, 9.17) is 5.26 Å². The van der Waals surface area contributed by atoms with Crippen molar-refractivity contribution in [3.8, 4) is 0 Å². The van der Waals surface area contributed by atoms with Crippen molar-refractivity contribution in [1.29, 1.82) is 0 Å². The van der Waals surface area contributed by atoms with E-state index in [0.29, 0.717) is 6.42 Å². The van der Waals surface area contributed by atoms with Crippen LogP contribution >= 0.6 is 0 Å². The summed E-state index contributed by atoms with van der Waals surface area (Å²) in [5.41, 5.74) is 0. The Morgan fingerprint density at radius 1 is 0.655 bits per heavy atom. The molecule has 29 heavy (non-hydrogen) atoms. The first kappa shape index (κ1) is 30.6. The Labute approximate surface area is 183 Å². The summed E-state index contributed by atoms with van der Waals surface area (Å²) in [6.45, 7) is 9.11. The minimum atomic E-state index is -0.510. The molecule has 0 aromatic carbocycles. The minimum absolute atomic E-state index is 0.342. The van der Waals surface area contributed by atoms with Gasteiger partial charge in [-0.25, -0.2) is 4.79 Å². The largest absolute Gasteiger partial charge is 0.342 e. The van der Waals surface area contributed by atoms with Crippen LogP contribution in [-0.4, -0.2) is 11.2 Å². The maximum atomic E-state index is 10.7. The van der Waals surface area contributed by atoms with Gasteiger partial charge in [0.15, 0.2) is 0 Å². The fourth-order valence-corrected chi connectivity index (χ4v) is 3.44. The number of carbonyl (C=O) groups excluding carboxylic acids is 1. The van der Waals surface area contributed by atoms with E-state index >= 15 is 0 Å². The summed E-state index contributed by atoms with van der Waals surface area (Å²) >= 11 is 0. The molecule has 0 radical (unpaired) electrons. The van der Waals surface area contributed by atoms with Gasteiger partial charge in [0.25, 0.3) is 0 Å². The lowest BCUT2D eigenvalue weighted by atomic mass is 10.0. The van der Waals surface area contributed by atoms with Gasteiger partial charge in [0, 0.05) is 6.42 Å². The summed E-state index contributed by atoms with van der Waals surface area (Å²) in [5.74, 6) is 0.444. The Kier molecular flexibility index (Phi) is 29.0. The van der Waals surface area contributed by atoms with Crippen molar-refractivity contribution in [2.75, 3.05) is 0 Å². The SMILES string of the molecule is CCCCC(C)CC.CCCCCCCCCCCCCCCCCC(=O)OO. The third kappa shape index (κ3) is 29.7. The van der Waals surface area contributed by atoms with Gasteiger partial charge in [-0.3, -0.25) is 0 Å². The third-order valence-corrected chi connectivity index (χ3v) is 5.83. The highest BCUT2D eigenvalue weighted by Gasteiger charge is 2.00. The van der Waals surface area contributed by atoms with Crippen LogP contribution in [0.25, 0.3) is 0 Å². The number of hydrogen-bond acceptors (Lipinski definition) is 3. The molecule has 0 aliphatic rings. The molecule has 0 aromatic rings. The van der Waals surface area contributed by atoms with E-state index in [-0.39, 0.29) is 0 Å². The van der Waals surface area contributed by atoms with Gasteiger partial charge >= 0.3 is 5.97 Å². The standard InChI is InChI=1S/C18H36O3.C8H18/c1-2-3-4-5-6-7-8-9-10-11-12-13-14-15-16-17-18(19)21-20;1-4-6-7-8(3)5-2/h20H,2-17H2,1H3;8H,4-7H2,1-3H3. The van der Waals surface area contributed by atoms with Crippen molar-refractivity contribution in [2.45, 2.75) is 156 Å². The van der Waals surface area contributed by atoms with Crippen molar-refractivity contribution in [3.05, 3.63) is 0 Å². The lowest BCUT2D eigenvalue weighted by Crippen LogP contribution is -1.99. The number of hydrogen-bond donors (Lipinski definition) is 1. The number of unbranched alkanes of at least 4 members (excludes halogenated alkanes) is 15. The van der Waals surface area contributed by atoms with Crippen LogP contribution in [0.5, 0.6) is 0 Å². The van der Waals surface area contributed by atoms with Crippen molar-refractivity contribution in [3.63, 3.8) is 0 Å². The van der Waals surface area contributed by atoms with E-state index in [9.17, 15) is 4.79 Å². The van der Waals surface area contributed by atoms with Crippen LogP contribution in [0.2, 0.25) is 0 Å². The van der Waals surface area contributed by atoms with Crippen LogP contribution in [0.4, 0.5) is 0 Å². The zero-order valence-electron chi connectivity index (χ0n) is 20.5. The Morgan fingerprint density at radius 2 is 1.03 bits per heavy atom. The highest BCUT2D eigenvalue weighted by atomic mass is 17.1. The molecule has 0 aliphatic carbocycles. The second-order valence-electron chi connectivity index (χ2n) is 8.82. The third-order valence-electron chi connectivity index (χ3n) is 5.83. The van der Waals surface area contributed by atoms with Gasteiger partial charge in [-0.2, -0.15) is 5.26 Å². The fourth-order valence-electron chi connectivity index (χ4n) is 3.44. The molecule has 3 heteroatoms. The van der Waals surface area contributed by atoms with Crippen LogP contribution < -0.4 is 0 Å². The predicted octanol–water partition coefficient (Wildman–Crippen LogP) is 9.49. The summed E-state index contributed by atoms with van der Waals surface area (Å²) in [4.78, 5) is 14.3. The van der Waals surface area contributed by atoms with Crippen molar-refractivity contribution < 1.29 is 14.9 Å². The van der Waals surface area contributed by atoms with Crippen molar-refractivity contribution >= 4 is 5.97 Å². The van der Waals surface area contributed by atoms with Gasteiger partial charge < -0.3 is 4.89 Å². The van der Waals surface area contributed by atoms with Crippen LogP contribution in [0.1, 0.15) is 156 Å². The lowest BCUT2D eigenvalue weighted by molar-refractivity contribution is -0.234. The van der Waals surface area contributed by atoms with Crippen LogP contribution in [-0.2, 0) is 9.68 Å². The van der Waals surface area contributed by atoms with Gasteiger partial charge in [0.05, 0.1) is 0 Å². The zero-order valence-corrected chi connectivity index (χ0v) is 20.5. The van der Waals surface area contributed by atoms with E-state index in [1.165, 1.54) is 109 Å². The van der Waals surface area contributed by atoms with Crippen molar-refractivity contribution in [2.24, 2.45) is 5.92 Å². The first-order valence-corrected chi connectivity index (χ1v) is 13.0. The average molecular weight is 415 g/mol. The average Bonchev–Trinajstić information content (AvgIpc) is 2.74.